The average Bonchev–Trinajstić information content (AvgIpc) is 2.27. The predicted molar refractivity (Wildman–Crippen MR) is 68.4 cm³/mol. The highest BCUT2D eigenvalue weighted by Crippen LogP contribution is 2.27. The lowest BCUT2D eigenvalue weighted by Crippen LogP contribution is -2.13. The van der Waals surface area contributed by atoms with E-state index in [1.165, 1.54) is 6.07 Å². The van der Waals surface area contributed by atoms with Crippen molar-refractivity contribution in [3.05, 3.63) is 34.4 Å². The predicted octanol–water partition coefficient (Wildman–Crippen LogP) is 3.16. The van der Waals surface area contributed by atoms with Crippen LogP contribution in [0.25, 0.3) is 0 Å². The fourth-order valence-corrected chi connectivity index (χ4v) is 2.11. The van der Waals surface area contributed by atoms with Gasteiger partial charge in [-0.05, 0) is 29.5 Å². The molecule has 0 aliphatic rings. The normalized spacial score (nSPS) is 10.7. The summed E-state index contributed by atoms with van der Waals surface area (Å²) in [7, 11) is 0. The summed E-state index contributed by atoms with van der Waals surface area (Å²) in [6.07, 6.45) is 1.17. The maximum absolute atomic E-state index is 11.4. The Morgan fingerprint density at radius 3 is 2.17 bits per heavy atom. The van der Waals surface area contributed by atoms with Gasteiger partial charge in [0.15, 0.2) is 0 Å². The van der Waals surface area contributed by atoms with Crippen molar-refractivity contribution in [2.45, 2.75) is 39.5 Å². The van der Waals surface area contributed by atoms with Crippen LogP contribution in [0, 0.1) is 0 Å². The number of rotatable bonds is 5. The van der Waals surface area contributed by atoms with Gasteiger partial charge in [0.1, 0.15) is 0 Å². The molecule has 1 aromatic carbocycles. The summed E-state index contributed by atoms with van der Waals surface area (Å²) in [5.41, 5.74) is 1.38. The topological polar surface area (TPSA) is 74.6 Å². The summed E-state index contributed by atoms with van der Waals surface area (Å²) in [6, 6.07) is 3.12. The lowest BCUT2D eigenvalue weighted by molar-refractivity contribution is 0.0694. The molecule has 0 aromatic heterocycles. The van der Waals surface area contributed by atoms with Crippen LogP contribution in [-0.4, -0.2) is 22.2 Å². The van der Waals surface area contributed by atoms with Gasteiger partial charge >= 0.3 is 11.9 Å². The first-order chi connectivity index (χ1) is 8.40. The van der Waals surface area contributed by atoms with Crippen molar-refractivity contribution in [1.29, 1.82) is 0 Å². The zero-order chi connectivity index (χ0) is 13.9. The smallest absolute Gasteiger partial charge is 0.336 e. The molecule has 0 atom stereocenters. The second-order valence-electron chi connectivity index (χ2n) is 4.57. The number of benzene rings is 1. The van der Waals surface area contributed by atoms with Crippen LogP contribution in [0.4, 0.5) is 0 Å². The fourth-order valence-electron chi connectivity index (χ4n) is 2.11. The number of hydrogen-bond acceptors (Lipinski definition) is 2. The van der Waals surface area contributed by atoms with E-state index >= 15 is 0 Å². The first-order valence-electron chi connectivity index (χ1n) is 6.02. The Kier molecular flexibility index (Phi) is 4.48. The summed E-state index contributed by atoms with van der Waals surface area (Å²) in [6.45, 7) is 5.70. The minimum atomic E-state index is -1.07. The minimum Gasteiger partial charge on any atom is -0.478 e. The second kappa shape index (κ2) is 5.67. The molecule has 0 heterocycles. The Hall–Kier alpha value is -1.84. The van der Waals surface area contributed by atoms with Crippen LogP contribution in [0.15, 0.2) is 12.1 Å². The molecule has 18 heavy (non-hydrogen) atoms. The Morgan fingerprint density at radius 2 is 1.78 bits per heavy atom. The van der Waals surface area contributed by atoms with E-state index in [2.05, 4.69) is 0 Å². The van der Waals surface area contributed by atoms with Gasteiger partial charge in [-0.15, -0.1) is 0 Å². The van der Waals surface area contributed by atoms with Gasteiger partial charge < -0.3 is 10.2 Å². The van der Waals surface area contributed by atoms with Crippen molar-refractivity contribution >= 4 is 11.9 Å². The molecule has 0 saturated heterocycles. The molecule has 0 aliphatic heterocycles. The molecule has 0 aliphatic carbocycles. The zero-order valence-electron chi connectivity index (χ0n) is 10.9. The highest BCUT2D eigenvalue weighted by molar-refractivity contribution is 5.98. The first-order valence-corrected chi connectivity index (χ1v) is 6.02. The maximum atomic E-state index is 11.4. The molecular weight excluding hydrogens is 232 g/mol. The van der Waals surface area contributed by atoms with E-state index in [1.807, 2.05) is 20.8 Å². The number of carboxylic acid groups (broad SMARTS) is 2. The van der Waals surface area contributed by atoms with E-state index in [9.17, 15) is 14.7 Å². The molecule has 0 radical (unpaired) electrons. The Balaban J connectivity index is 3.59. The SMILES string of the molecule is CCCc1c(C(=O)O)ccc(C(C)C)c1C(=O)O. The van der Waals surface area contributed by atoms with Crippen molar-refractivity contribution in [1.82, 2.24) is 0 Å². The number of aromatic carboxylic acids is 2. The molecular formula is C14H18O4. The van der Waals surface area contributed by atoms with E-state index in [1.54, 1.807) is 6.07 Å². The van der Waals surface area contributed by atoms with E-state index in [4.69, 9.17) is 5.11 Å². The summed E-state index contributed by atoms with van der Waals surface area (Å²) >= 11 is 0. The molecule has 0 saturated carbocycles. The van der Waals surface area contributed by atoms with Gasteiger partial charge in [0.25, 0.3) is 0 Å². The van der Waals surface area contributed by atoms with Gasteiger partial charge in [-0.25, -0.2) is 9.59 Å². The maximum Gasteiger partial charge on any atom is 0.336 e. The van der Waals surface area contributed by atoms with Crippen molar-refractivity contribution in [2.75, 3.05) is 0 Å². The minimum absolute atomic E-state index is 0.0505. The number of carboxylic acids is 2. The lowest BCUT2D eigenvalue weighted by Gasteiger charge is -2.16. The molecule has 1 rings (SSSR count). The van der Waals surface area contributed by atoms with Gasteiger partial charge in [0, 0.05) is 0 Å². The van der Waals surface area contributed by atoms with E-state index < -0.39 is 11.9 Å². The molecule has 0 amide bonds. The largest absolute Gasteiger partial charge is 0.478 e. The fraction of sp³-hybridized carbons (Fsp3) is 0.429. The third kappa shape index (κ3) is 2.70. The monoisotopic (exact) mass is 250 g/mol. The van der Waals surface area contributed by atoms with Crippen molar-refractivity contribution in [3.8, 4) is 0 Å². The van der Waals surface area contributed by atoms with Crippen LogP contribution in [0.2, 0.25) is 0 Å². The standard InChI is InChI=1S/C14H18O4/c1-4-5-10-11(13(15)16)7-6-9(8(2)3)12(10)14(17)18/h6-8H,4-5H2,1-3H3,(H,15,16)(H,17,18). The summed E-state index contributed by atoms with van der Waals surface area (Å²) in [5.74, 6) is -2.07. The molecule has 1 aromatic rings. The number of hydrogen-bond donors (Lipinski definition) is 2. The third-order valence-electron chi connectivity index (χ3n) is 2.91. The van der Waals surface area contributed by atoms with Crippen LogP contribution in [0.1, 0.15) is 65.0 Å². The van der Waals surface area contributed by atoms with Crippen LogP contribution < -0.4 is 0 Å². The van der Waals surface area contributed by atoms with Gasteiger partial charge in [-0.1, -0.05) is 33.3 Å². The second-order valence-corrected chi connectivity index (χ2v) is 4.57. The van der Waals surface area contributed by atoms with E-state index in [-0.39, 0.29) is 17.0 Å². The molecule has 2 N–H and O–H groups in total. The zero-order valence-corrected chi connectivity index (χ0v) is 10.9. The molecule has 4 heteroatoms. The summed E-state index contributed by atoms with van der Waals surface area (Å²) in [5, 5.41) is 18.5. The number of carbonyl (C=O) groups is 2. The van der Waals surface area contributed by atoms with Crippen LogP contribution in [0.5, 0.6) is 0 Å². The van der Waals surface area contributed by atoms with Gasteiger partial charge in [0.05, 0.1) is 11.1 Å². The summed E-state index contributed by atoms with van der Waals surface area (Å²) in [4.78, 5) is 22.6. The van der Waals surface area contributed by atoms with Crippen LogP contribution in [0.3, 0.4) is 0 Å². The van der Waals surface area contributed by atoms with Crippen LogP contribution >= 0.6 is 0 Å². The quantitative estimate of drug-likeness (QED) is 0.841. The molecule has 0 bridgehead atoms. The summed E-state index contributed by atoms with van der Waals surface area (Å²) < 4.78 is 0. The molecule has 98 valence electrons. The highest BCUT2D eigenvalue weighted by atomic mass is 16.4. The van der Waals surface area contributed by atoms with Crippen LogP contribution in [-0.2, 0) is 6.42 Å². The van der Waals surface area contributed by atoms with Crippen molar-refractivity contribution in [2.24, 2.45) is 0 Å². The Labute approximate surface area is 106 Å². The van der Waals surface area contributed by atoms with E-state index in [0.29, 0.717) is 24.0 Å². The molecule has 0 spiro atoms. The highest BCUT2D eigenvalue weighted by Gasteiger charge is 2.22. The first kappa shape index (κ1) is 14.2. The molecule has 0 unspecified atom stereocenters. The Bertz CT molecular complexity index is 475. The molecule has 0 fully saturated rings. The van der Waals surface area contributed by atoms with E-state index in [0.717, 1.165) is 0 Å². The van der Waals surface area contributed by atoms with Gasteiger partial charge in [-0.3, -0.25) is 0 Å². The Morgan fingerprint density at radius 1 is 1.17 bits per heavy atom. The molecule has 4 nitrogen and oxygen atoms in total. The van der Waals surface area contributed by atoms with Crippen molar-refractivity contribution in [3.63, 3.8) is 0 Å². The lowest BCUT2D eigenvalue weighted by atomic mass is 9.88. The van der Waals surface area contributed by atoms with Crippen molar-refractivity contribution < 1.29 is 19.8 Å². The van der Waals surface area contributed by atoms with Gasteiger partial charge in [-0.2, -0.15) is 0 Å². The van der Waals surface area contributed by atoms with Gasteiger partial charge in [0.2, 0.25) is 0 Å². The average molecular weight is 250 g/mol. The third-order valence-corrected chi connectivity index (χ3v) is 2.91.